The Morgan fingerprint density at radius 2 is 1.87 bits per heavy atom. The summed E-state index contributed by atoms with van der Waals surface area (Å²) in [5, 5.41) is 2.42. The topological polar surface area (TPSA) is 33.2 Å². The number of hydrogen-bond acceptors (Lipinski definition) is 3. The molecule has 0 N–H and O–H groups in total. The third-order valence-electron chi connectivity index (χ3n) is 6.05. The number of rotatable bonds is 3. The molecule has 0 aliphatic carbocycles. The first kappa shape index (κ1) is 19.5. The Balaban J connectivity index is 1.36. The van der Waals surface area contributed by atoms with Crippen LogP contribution in [0.2, 0.25) is 5.15 Å². The van der Waals surface area contributed by atoms with Crippen molar-refractivity contribution in [1.29, 1.82) is 0 Å². The highest BCUT2D eigenvalue weighted by Crippen LogP contribution is 2.37. The number of piperidine rings is 1. The van der Waals surface area contributed by atoms with Crippen molar-refractivity contribution in [2.24, 2.45) is 5.92 Å². The van der Waals surface area contributed by atoms with Gasteiger partial charge in [-0.15, -0.1) is 11.3 Å². The van der Waals surface area contributed by atoms with Gasteiger partial charge in [-0.25, -0.2) is 4.98 Å². The Hall–Kier alpha value is -2.43. The number of likely N-dealkylation sites (tertiary alicyclic amines) is 1. The molecule has 3 nitrogen and oxygen atoms in total. The van der Waals surface area contributed by atoms with E-state index in [0.717, 1.165) is 58.2 Å². The summed E-state index contributed by atoms with van der Waals surface area (Å²) in [5.74, 6) is 0.760. The maximum absolute atomic E-state index is 13.2. The minimum atomic E-state index is 0.117. The van der Waals surface area contributed by atoms with E-state index in [1.807, 2.05) is 23.1 Å². The summed E-state index contributed by atoms with van der Waals surface area (Å²) in [6.07, 6.45) is 3.20. The number of aryl methyl sites for hydroxylation is 1. The van der Waals surface area contributed by atoms with Gasteiger partial charge in [-0.2, -0.15) is 0 Å². The number of aromatic nitrogens is 1. The molecule has 2 aromatic heterocycles. The highest BCUT2D eigenvalue weighted by atomic mass is 35.5. The first-order valence-corrected chi connectivity index (χ1v) is 11.6. The summed E-state index contributed by atoms with van der Waals surface area (Å²) >= 11 is 7.99. The monoisotopic (exact) mass is 434 g/mol. The van der Waals surface area contributed by atoms with Crippen LogP contribution in [0, 0.1) is 12.8 Å². The largest absolute Gasteiger partial charge is 0.338 e. The molecule has 4 aromatic rings. The molecule has 1 amide bonds. The molecule has 3 heterocycles. The van der Waals surface area contributed by atoms with E-state index >= 15 is 0 Å². The second kappa shape index (κ2) is 8.01. The van der Waals surface area contributed by atoms with Crippen molar-refractivity contribution in [1.82, 2.24) is 9.88 Å². The van der Waals surface area contributed by atoms with Crippen LogP contribution < -0.4 is 0 Å². The number of pyridine rings is 1. The van der Waals surface area contributed by atoms with Crippen LogP contribution >= 0.6 is 22.9 Å². The number of amides is 1. The molecule has 2 aromatic carbocycles. The molecule has 0 unspecified atom stereocenters. The maximum atomic E-state index is 13.2. The highest BCUT2D eigenvalue weighted by Gasteiger charge is 2.25. The molecule has 0 saturated carbocycles. The summed E-state index contributed by atoms with van der Waals surface area (Å²) in [7, 11) is 0. The fourth-order valence-electron chi connectivity index (χ4n) is 4.39. The predicted octanol–water partition coefficient (Wildman–Crippen LogP) is 6.51. The van der Waals surface area contributed by atoms with E-state index in [2.05, 4.69) is 48.3 Å². The SMILES string of the molecule is Cc1ccc2nc(Cl)c3cc(C(=O)N4CCC(Cc5ccccc5)CC4)sc3c2c1. The summed E-state index contributed by atoms with van der Waals surface area (Å²) in [5.41, 5.74) is 3.44. The number of halogens is 1. The number of nitrogens with zero attached hydrogens (tertiary/aromatic N) is 2. The number of fused-ring (bicyclic) bond motifs is 3. The Morgan fingerprint density at radius 1 is 1.10 bits per heavy atom. The molecule has 0 radical (unpaired) electrons. The quantitative estimate of drug-likeness (QED) is 0.344. The lowest BCUT2D eigenvalue weighted by atomic mass is 9.90. The van der Waals surface area contributed by atoms with E-state index in [-0.39, 0.29) is 5.91 Å². The lowest BCUT2D eigenvalue weighted by molar-refractivity contribution is 0.0695. The Labute approximate surface area is 185 Å². The summed E-state index contributed by atoms with van der Waals surface area (Å²) < 4.78 is 1.05. The normalized spacial score (nSPS) is 15.2. The van der Waals surface area contributed by atoms with E-state index < -0.39 is 0 Å². The van der Waals surface area contributed by atoms with Crippen LogP contribution in [-0.2, 0) is 6.42 Å². The van der Waals surface area contributed by atoms with Gasteiger partial charge in [0.15, 0.2) is 0 Å². The van der Waals surface area contributed by atoms with Gasteiger partial charge >= 0.3 is 0 Å². The maximum Gasteiger partial charge on any atom is 0.263 e. The third kappa shape index (κ3) is 3.70. The van der Waals surface area contributed by atoms with Crippen molar-refractivity contribution in [3.05, 3.63) is 75.8 Å². The van der Waals surface area contributed by atoms with Gasteiger partial charge in [0.05, 0.1) is 10.4 Å². The van der Waals surface area contributed by atoms with Crippen LogP contribution in [0.5, 0.6) is 0 Å². The average molecular weight is 435 g/mol. The van der Waals surface area contributed by atoms with Gasteiger partial charge in [0, 0.05) is 28.6 Å². The smallest absolute Gasteiger partial charge is 0.263 e. The van der Waals surface area contributed by atoms with E-state index in [4.69, 9.17) is 11.6 Å². The molecule has 1 saturated heterocycles. The summed E-state index contributed by atoms with van der Waals surface area (Å²) in [4.78, 5) is 20.5. The van der Waals surface area contributed by atoms with Crippen LogP contribution in [0.1, 0.15) is 33.6 Å². The van der Waals surface area contributed by atoms with Crippen molar-refractivity contribution < 1.29 is 4.79 Å². The van der Waals surface area contributed by atoms with Crippen LogP contribution in [0.15, 0.2) is 54.6 Å². The Bertz CT molecular complexity index is 1230. The van der Waals surface area contributed by atoms with Crippen molar-refractivity contribution in [3.8, 4) is 0 Å². The molecule has 30 heavy (non-hydrogen) atoms. The van der Waals surface area contributed by atoms with Crippen LogP contribution in [0.25, 0.3) is 21.0 Å². The van der Waals surface area contributed by atoms with Crippen molar-refractivity contribution in [2.75, 3.05) is 13.1 Å². The molecule has 1 aliphatic rings. The number of carbonyl (C=O) groups is 1. The van der Waals surface area contributed by atoms with E-state index in [9.17, 15) is 4.79 Å². The van der Waals surface area contributed by atoms with Gasteiger partial charge in [-0.1, -0.05) is 53.6 Å². The molecule has 0 atom stereocenters. The lowest BCUT2D eigenvalue weighted by Crippen LogP contribution is -2.38. The first-order chi connectivity index (χ1) is 14.6. The fraction of sp³-hybridized carbons (Fsp3) is 0.280. The third-order valence-corrected chi connectivity index (χ3v) is 7.49. The van der Waals surface area contributed by atoms with E-state index in [1.54, 1.807) is 0 Å². The summed E-state index contributed by atoms with van der Waals surface area (Å²) in [6, 6.07) is 18.7. The average Bonchev–Trinajstić information content (AvgIpc) is 3.22. The Kier molecular flexibility index (Phi) is 5.21. The Morgan fingerprint density at radius 3 is 2.63 bits per heavy atom. The molecular formula is C25H23ClN2OS. The molecule has 0 bridgehead atoms. The number of hydrogen-bond donors (Lipinski definition) is 0. The fourth-order valence-corrected chi connectivity index (χ4v) is 5.84. The molecule has 1 aliphatic heterocycles. The van der Waals surface area contributed by atoms with E-state index in [0.29, 0.717) is 11.1 Å². The van der Waals surface area contributed by atoms with Gasteiger partial charge in [0.25, 0.3) is 5.91 Å². The first-order valence-electron chi connectivity index (χ1n) is 10.4. The molecule has 5 heteroatoms. The zero-order valence-electron chi connectivity index (χ0n) is 16.9. The minimum Gasteiger partial charge on any atom is -0.338 e. The number of benzene rings is 2. The van der Waals surface area contributed by atoms with Crippen molar-refractivity contribution in [3.63, 3.8) is 0 Å². The van der Waals surface area contributed by atoms with Crippen LogP contribution in [0.3, 0.4) is 0 Å². The molecule has 152 valence electrons. The van der Waals surface area contributed by atoms with Gasteiger partial charge in [-0.05, 0) is 55.9 Å². The minimum absolute atomic E-state index is 0.117. The molecule has 1 fully saturated rings. The van der Waals surface area contributed by atoms with Crippen LogP contribution in [0.4, 0.5) is 0 Å². The molecule has 5 rings (SSSR count). The lowest BCUT2D eigenvalue weighted by Gasteiger charge is -2.31. The highest BCUT2D eigenvalue weighted by molar-refractivity contribution is 7.21. The van der Waals surface area contributed by atoms with Gasteiger partial charge in [-0.3, -0.25) is 4.79 Å². The molecule has 0 spiro atoms. The second-order valence-electron chi connectivity index (χ2n) is 8.20. The summed E-state index contributed by atoms with van der Waals surface area (Å²) in [6.45, 7) is 3.70. The van der Waals surface area contributed by atoms with Gasteiger partial charge in [0.1, 0.15) is 5.15 Å². The van der Waals surface area contributed by atoms with Gasteiger partial charge in [0.2, 0.25) is 0 Å². The zero-order chi connectivity index (χ0) is 20.7. The van der Waals surface area contributed by atoms with Crippen molar-refractivity contribution in [2.45, 2.75) is 26.2 Å². The predicted molar refractivity (Wildman–Crippen MR) is 126 cm³/mol. The van der Waals surface area contributed by atoms with Crippen LogP contribution in [-0.4, -0.2) is 28.9 Å². The molecular weight excluding hydrogens is 412 g/mol. The van der Waals surface area contributed by atoms with Gasteiger partial charge < -0.3 is 4.90 Å². The number of carbonyl (C=O) groups excluding carboxylic acids is 1. The van der Waals surface area contributed by atoms with E-state index in [1.165, 1.54) is 22.5 Å². The zero-order valence-corrected chi connectivity index (χ0v) is 18.5. The van der Waals surface area contributed by atoms with Crippen molar-refractivity contribution >= 4 is 49.8 Å². The standard InChI is InChI=1S/C25H23ClN2OS/c1-16-7-8-21-19(13-16)23-20(24(26)27-21)15-22(30-23)25(29)28-11-9-18(10-12-28)14-17-5-3-2-4-6-17/h2-8,13,15,18H,9-12,14H2,1H3. The number of thiophene rings is 1. The second-order valence-corrected chi connectivity index (χ2v) is 9.61.